The molecule has 5 rings (SSSR count). The molecule has 0 saturated heterocycles. The SMILES string of the molecule is Nc1ccc2ccccc2c1N=Nc1ccc2cc(-c3ccccc3)c(=O)oc2c1. The Bertz CT molecular complexity index is 1470. The van der Waals surface area contributed by atoms with E-state index in [0.29, 0.717) is 28.2 Å². The first kappa shape index (κ1) is 17.8. The lowest BCUT2D eigenvalue weighted by molar-refractivity contribution is 0.563. The van der Waals surface area contributed by atoms with Gasteiger partial charge in [-0.15, -0.1) is 5.11 Å². The van der Waals surface area contributed by atoms with Crippen molar-refractivity contribution in [2.75, 3.05) is 5.73 Å². The Labute approximate surface area is 172 Å². The van der Waals surface area contributed by atoms with Crippen LogP contribution in [0.15, 0.2) is 110 Å². The molecule has 4 aromatic carbocycles. The normalized spacial score (nSPS) is 11.5. The minimum atomic E-state index is -0.388. The quantitative estimate of drug-likeness (QED) is 0.213. The number of azo groups is 1. The molecule has 0 aliphatic carbocycles. The first-order chi connectivity index (χ1) is 14.7. The second-order valence-electron chi connectivity index (χ2n) is 6.96. The molecule has 5 heteroatoms. The highest BCUT2D eigenvalue weighted by atomic mass is 16.4. The van der Waals surface area contributed by atoms with Crippen LogP contribution in [0.3, 0.4) is 0 Å². The Morgan fingerprint density at radius 2 is 1.50 bits per heavy atom. The van der Waals surface area contributed by atoms with Gasteiger partial charge in [0.25, 0.3) is 0 Å². The molecule has 0 amide bonds. The molecule has 0 spiro atoms. The fraction of sp³-hybridized carbons (Fsp3) is 0. The summed E-state index contributed by atoms with van der Waals surface area (Å²) in [5.74, 6) is 0. The lowest BCUT2D eigenvalue weighted by Crippen LogP contribution is -2.02. The zero-order valence-electron chi connectivity index (χ0n) is 15.9. The topological polar surface area (TPSA) is 81.0 Å². The summed E-state index contributed by atoms with van der Waals surface area (Å²) < 4.78 is 5.55. The molecule has 0 unspecified atom stereocenters. The van der Waals surface area contributed by atoms with E-state index in [1.54, 1.807) is 6.07 Å². The minimum Gasteiger partial charge on any atom is -0.422 e. The third-order valence-electron chi connectivity index (χ3n) is 5.00. The van der Waals surface area contributed by atoms with Gasteiger partial charge < -0.3 is 10.2 Å². The first-order valence-corrected chi connectivity index (χ1v) is 9.51. The summed E-state index contributed by atoms with van der Waals surface area (Å²) in [5, 5.41) is 11.5. The standard InChI is InChI=1S/C25H17N3O2/c26-22-13-11-17-8-4-5-9-20(17)24(22)28-27-19-12-10-18-14-21(16-6-2-1-3-7-16)25(29)30-23(18)15-19/h1-15H,26H2. The van der Waals surface area contributed by atoms with Crippen LogP contribution in [-0.4, -0.2) is 0 Å². The Hall–Kier alpha value is -4.25. The van der Waals surface area contributed by atoms with Gasteiger partial charge in [-0.2, -0.15) is 5.11 Å². The van der Waals surface area contributed by atoms with Crippen molar-refractivity contribution < 1.29 is 4.42 Å². The van der Waals surface area contributed by atoms with E-state index >= 15 is 0 Å². The van der Waals surface area contributed by atoms with E-state index in [-0.39, 0.29) is 5.63 Å². The monoisotopic (exact) mass is 391 g/mol. The van der Waals surface area contributed by atoms with Crippen LogP contribution >= 0.6 is 0 Å². The zero-order chi connectivity index (χ0) is 20.5. The maximum Gasteiger partial charge on any atom is 0.344 e. The van der Waals surface area contributed by atoms with Crippen LogP contribution in [0.1, 0.15) is 0 Å². The number of nitrogen functional groups attached to an aromatic ring is 1. The van der Waals surface area contributed by atoms with Crippen LogP contribution in [0.2, 0.25) is 0 Å². The number of hydrogen-bond acceptors (Lipinski definition) is 5. The number of nitrogens with two attached hydrogens (primary N) is 1. The van der Waals surface area contributed by atoms with Crippen molar-refractivity contribution in [1.82, 2.24) is 0 Å². The van der Waals surface area contributed by atoms with Crippen LogP contribution < -0.4 is 11.4 Å². The van der Waals surface area contributed by atoms with Gasteiger partial charge in [-0.25, -0.2) is 4.79 Å². The molecule has 30 heavy (non-hydrogen) atoms. The second-order valence-corrected chi connectivity index (χ2v) is 6.96. The van der Waals surface area contributed by atoms with E-state index in [0.717, 1.165) is 21.7 Å². The first-order valence-electron chi connectivity index (χ1n) is 9.51. The number of fused-ring (bicyclic) bond motifs is 2. The van der Waals surface area contributed by atoms with Crippen LogP contribution in [0.4, 0.5) is 17.1 Å². The van der Waals surface area contributed by atoms with E-state index in [4.69, 9.17) is 10.2 Å². The molecule has 0 bridgehead atoms. The molecule has 0 fully saturated rings. The third-order valence-corrected chi connectivity index (χ3v) is 5.00. The van der Waals surface area contributed by atoms with E-state index in [2.05, 4.69) is 10.2 Å². The third kappa shape index (κ3) is 3.22. The fourth-order valence-corrected chi connectivity index (χ4v) is 3.47. The van der Waals surface area contributed by atoms with Gasteiger partial charge in [0.2, 0.25) is 0 Å². The van der Waals surface area contributed by atoms with Gasteiger partial charge in [-0.3, -0.25) is 0 Å². The maximum atomic E-state index is 12.5. The smallest absolute Gasteiger partial charge is 0.344 e. The zero-order valence-corrected chi connectivity index (χ0v) is 15.9. The molecule has 144 valence electrons. The Morgan fingerprint density at radius 1 is 0.733 bits per heavy atom. The molecular formula is C25H17N3O2. The van der Waals surface area contributed by atoms with Crippen molar-refractivity contribution in [3.8, 4) is 11.1 Å². The van der Waals surface area contributed by atoms with Gasteiger partial charge in [-0.1, -0.05) is 60.7 Å². The van der Waals surface area contributed by atoms with Crippen LogP contribution in [0.25, 0.3) is 32.9 Å². The maximum absolute atomic E-state index is 12.5. The average Bonchev–Trinajstić information content (AvgIpc) is 2.78. The second kappa shape index (κ2) is 7.29. The van der Waals surface area contributed by atoms with Crippen LogP contribution in [0, 0.1) is 0 Å². The molecule has 0 saturated carbocycles. The lowest BCUT2D eigenvalue weighted by Gasteiger charge is -2.05. The number of hydrogen-bond donors (Lipinski definition) is 1. The van der Waals surface area contributed by atoms with Crippen molar-refractivity contribution in [3.63, 3.8) is 0 Å². The molecule has 0 aliphatic rings. The summed E-state index contributed by atoms with van der Waals surface area (Å²) in [5.41, 5.74) is 9.29. The molecule has 2 N–H and O–H groups in total. The number of rotatable bonds is 3. The van der Waals surface area contributed by atoms with Gasteiger partial charge in [0.15, 0.2) is 0 Å². The summed E-state index contributed by atoms with van der Waals surface area (Å²) >= 11 is 0. The Balaban J connectivity index is 1.55. The number of anilines is 1. The molecule has 0 radical (unpaired) electrons. The highest BCUT2D eigenvalue weighted by Crippen LogP contribution is 2.34. The van der Waals surface area contributed by atoms with Crippen molar-refractivity contribution in [3.05, 3.63) is 101 Å². The van der Waals surface area contributed by atoms with Gasteiger partial charge >= 0.3 is 5.63 Å². The highest BCUT2D eigenvalue weighted by Gasteiger charge is 2.09. The van der Waals surface area contributed by atoms with Gasteiger partial charge in [0.05, 0.1) is 16.9 Å². The molecular weight excluding hydrogens is 374 g/mol. The minimum absolute atomic E-state index is 0.388. The van der Waals surface area contributed by atoms with Crippen LogP contribution in [-0.2, 0) is 0 Å². The van der Waals surface area contributed by atoms with E-state index in [9.17, 15) is 4.79 Å². The molecule has 1 heterocycles. The van der Waals surface area contributed by atoms with Gasteiger partial charge in [0.1, 0.15) is 11.3 Å². The Morgan fingerprint density at radius 3 is 2.37 bits per heavy atom. The van der Waals surface area contributed by atoms with Crippen molar-refractivity contribution in [2.45, 2.75) is 0 Å². The fourth-order valence-electron chi connectivity index (χ4n) is 3.47. The molecule has 5 aromatic rings. The van der Waals surface area contributed by atoms with Crippen molar-refractivity contribution in [1.29, 1.82) is 0 Å². The van der Waals surface area contributed by atoms with Crippen molar-refractivity contribution >= 4 is 38.8 Å². The predicted octanol–water partition coefficient (Wildman–Crippen LogP) is 6.61. The van der Waals surface area contributed by atoms with Gasteiger partial charge in [0, 0.05) is 16.8 Å². The summed E-state index contributed by atoms with van der Waals surface area (Å²) in [6, 6.07) is 28.3. The highest BCUT2D eigenvalue weighted by molar-refractivity contribution is 5.97. The van der Waals surface area contributed by atoms with Gasteiger partial charge in [-0.05, 0) is 35.2 Å². The lowest BCUT2D eigenvalue weighted by atomic mass is 10.1. The summed E-state index contributed by atoms with van der Waals surface area (Å²) in [7, 11) is 0. The molecule has 0 aliphatic heterocycles. The van der Waals surface area contributed by atoms with E-state index in [1.807, 2.05) is 84.9 Å². The number of nitrogens with zero attached hydrogens (tertiary/aromatic N) is 2. The molecule has 0 atom stereocenters. The Kier molecular flexibility index (Phi) is 4.33. The van der Waals surface area contributed by atoms with Crippen LogP contribution in [0.5, 0.6) is 0 Å². The summed E-state index contributed by atoms with van der Waals surface area (Å²) in [4.78, 5) is 12.5. The summed E-state index contributed by atoms with van der Waals surface area (Å²) in [6.07, 6.45) is 0. The predicted molar refractivity (Wildman–Crippen MR) is 120 cm³/mol. The van der Waals surface area contributed by atoms with Crippen molar-refractivity contribution in [2.24, 2.45) is 10.2 Å². The largest absolute Gasteiger partial charge is 0.422 e. The number of benzene rings is 4. The van der Waals surface area contributed by atoms with E-state index in [1.165, 1.54) is 0 Å². The molecule has 1 aromatic heterocycles. The van der Waals surface area contributed by atoms with E-state index < -0.39 is 0 Å². The summed E-state index contributed by atoms with van der Waals surface area (Å²) in [6.45, 7) is 0. The molecule has 5 nitrogen and oxygen atoms in total. The average molecular weight is 391 g/mol.